The van der Waals surface area contributed by atoms with Gasteiger partial charge in [-0.2, -0.15) is 0 Å². The average molecular weight is 532 g/mol. The van der Waals surface area contributed by atoms with Gasteiger partial charge in [0.1, 0.15) is 5.82 Å². The Balaban J connectivity index is 0.00000300. The summed E-state index contributed by atoms with van der Waals surface area (Å²) in [5, 5.41) is 6.79. The van der Waals surface area contributed by atoms with E-state index in [0.29, 0.717) is 19.8 Å². The number of benzene rings is 1. The van der Waals surface area contributed by atoms with Crippen LogP contribution in [0, 0.1) is 5.82 Å². The number of aryl methyl sites for hydroxylation is 1. The first-order chi connectivity index (χ1) is 13.7. The Hall–Kier alpha value is -1.23. The standard InChI is InChI=1S/C21H29FN4OS.HI/c1-3-18-7-8-19(28-18)14-24-21(23-2)25-15-20(26-9-11-27-12-10-26)16-5-4-6-17(22)13-16;/h4-8,13,20H,3,9-12,14-15H2,1-2H3,(H2,23,24,25);1H. The zero-order valence-electron chi connectivity index (χ0n) is 17.0. The molecule has 2 heterocycles. The van der Waals surface area contributed by atoms with E-state index in [0.717, 1.165) is 37.6 Å². The lowest BCUT2D eigenvalue weighted by atomic mass is 10.0. The summed E-state index contributed by atoms with van der Waals surface area (Å²) in [4.78, 5) is 9.35. The number of nitrogens with one attached hydrogen (secondary N) is 2. The molecule has 0 bridgehead atoms. The summed E-state index contributed by atoms with van der Waals surface area (Å²) in [5.41, 5.74) is 0.968. The molecule has 1 atom stereocenters. The summed E-state index contributed by atoms with van der Waals surface area (Å²) >= 11 is 1.82. The van der Waals surface area contributed by atoms with Gasteiger partial charge in [-0.3, -0.25) is 9.89 Å². The maximum Gasteiger partial charge on any atom is 0.191 e. The Morgan fingerprint density at radius 1 is 1.21 bits per heavy atom. The Morgan fingerprint density at radius 3 is 2.62 bits per heavy atom. The molecule has 8 heteroatoms. The minimum atomic E-state index is -0.206. The summed E-state index contributed by atoms with van der Waals surface area (Å²) in [6.45, 7) is 6.64. The van der Waals surface area contributed by atoms with Gasteiger partial charge in [-0.1, -0.05) is 19.1 Å². The summed E-state index contributed by atoms with van der Waals surface area (Å²) in [6, 6.07) is 11.3. The van der Waals surface area contributed by atoms with Crippen molar-refractivity contribution in [2.75, 3.05) is 39.9 Å². The van der Waals surface area contributed by atoms with Crippen LogP contribution >= 0.6 is 35.3 Å². The van der Waals surface area contributed by atoms with Crippen LogP contribution in [-0.4, -0.2) is 50.8 Å². The maximum absolute atomic E-state index is 13.8. The van der Waals surface area contributed by atoms with Crippen LogP contribution < -0.4 is 10.6 Å². The smallest absolute Gasteiger partial charge is 0.191 e. The van der Waals surface area contributed by atoms with E-state index in [9.17, 15) is 4.39 Å². The highest BCUT2D eigenvalue weighted by atomic mass is 127. The molecule has 1 unspecified atom stereocenters. The number of morpholine rings is 1. The second-order valence-corrected chi connectivity index (χ2v) is 8.00. The summed E-state index contributed by atoms with van der Waals surface area (Å²) in [5.74, 6) is 0.545. The number of ether oxygens (including phenoxy) is 1. The van der Waals surface area contributed by atoms with E-state index in [4.69, 9.17) is 4.74 Å². The van der Waals surface area contributed by atoms with Gasteiger partial charge in [0.05, 0.1) is 25.8 Å². The predicted octanol–water partition coefficient (Wildman–Crippen LogP) is 3.81. The molecule has 1 aromatic heterocycles. The first-order valence-corrected chi connectivity index (χ1v) is 10.6. The third kappa shape index (κ3) is 7.20. The van der Waals surface area contributed by atoms with Crippen LogP contribution in [0.4, 0.5) is 4.39 Å². The van der Waals surface area contributed by atoms with Gasteiger partial charge in [0.15, 0.2) is 5.96 Å². The third-order valence-corrected chi connectivity index (χ3v) is 6.13. The molecule has 1 aliphatic rings. The van der Waals surface area contributed by atoms with Gasteiger partial charge in [-0.05, 0) is 36.2 Å². The Labute approximate surface area is 193 Å². The van der Waals surface area contributed by atoms with Gasteiger partial charge in [-0.15, -0.1) is 35.3 Å². The Morgan fingerprint density at radius 2 is 1.97 bits per heavy atom. The number of hydrogen-bond acceptors (Lipinski definition) is 4. The van der Waals surface area contributed by atoms with Gasteiger partial charge < -0.3 is 15.4 Å². The lowest BCUT2D eigenvalue weighted by Gasteiger charge is -2.35. The van der Waals surface area contributed by atoms with Gasteiger partial charge in [0.25, 0.3) is 0 Å². The zero-order chi connectivity index (χ0) is 19.8. The Kier molecular flexibility index (Phi) is 10.3. The highest BCUT2D eigenvalue weighted by Crippen LogP contribution is 2.22. The molecule has 0 aliphatic carbocycles. The first-order valence-electron chi connectivity index (χ1n) is 9.79. The molecule has 0 saturated carbocycles. The number of halogens is 2. The second kappa shape index (κ2) is 12.5. The van der Waals surface area contributed by atoms with Crippen LogP contribution in [0.25, 0.3) is 0 Å². The molecular weight excluding hydrogens is 502 g/mol. The highest BCUT2D eigenvalue weighted by Gasteiger charge is 2.23. The topological polar surface area (TPSA) is 48.9 Å². The molecule has 160 valence electrons. The predicted molar refractivity (Wildman–Crippen MR) is 129 cm³/mol. The lowest BCUT2D eigenvalue weighted by molar-refractivity contribution is 0.0169. The largest absolute Gasteiger partial charge is 0.379 e. The van der Waals surface area contributed by atoms with Crippen LogP contribution in [0.5, 0.6) is 0 Å². The van der Waals surface area contributed by atoms with E-state index >= 15 is 0 Å². The van der Waals surface area contributed by atoms with Crippen molar-refractivity contribution in [3.63, 3.8) is 0 Å². The van der Waals surface area contributed by atoms with Crippen molar-refractivity contribution < 1.29 is 9.13 Å². The molecule has 1 aromatic carbocycles. The molecule has 0 radical (unpaired) electrons. The summed E-state index contributed by atoms with van der Waals surface area (Å²) in [7, 11) is 1.77. The van der Waals surface area contributed by atoms with Crippen molar-refractivity contribution in [1.29, 1.82) is 0 Å². The minimum Gasteiger partial charge on any atom is -0.379 e. The van der Waals surface area contributed by atoms with Crippen molar-refractivity contribution in [2.45, 2.75) is 25.9 Å². The van der Waals surface area contributed by atoms with E-state index in [2.05, 4.69) is 39.6 Å². The highest BCUT2D eigenvalue weighted by molar-refractivity contribution is 14.0. The maximum atomic E-state index is 13.8. The second-order valence-electron chi connectivity index (χ2n) is 6.75. The SMILES string of the molecule is CCc1ccc(CNC(=NC)NCC(c2cccc(F)c2)N2CCOCC2)s1.I. The number of aliphatic imine (C=N–C) groups is 1. The fourth-order valence-corrected chi connectivity index (χ4v) is 4.25. The van der Waals surface area contributed by atoms with Crippen molar-refractivity contribution >= 4 is 41.3 Å². The van der Waals surface area contributed by atoms with Crippen LogP contribution in [-0.2, 0) is 17.7 Å². The van der Waals surface area contributed by atoms with E-state index < -0.39 is 0 Å². The fourth-order valence-electron chi connectivity index (χ4n) is 3.35. The van der Waals surface area contributed by atoms with E-state index in [-0.39, 0.29) is 35.8 Å². The first kappa shape index (κ1) is 24.0. The molecular formula is C21H30FIN4OS. The van der Waals surface area contributed by atoms with Crippen LogP contribution in [0.15, 0.2) is 41.4 Å². The van der Waals surface area contributed by atoms with Gasteiger partial charge >= 0.3 is 0 Å². The molecule has 1 aliphatic heterocycles. The normalized spacial score (nSPS) is 16.2. The molecule has 2 N–H and O–H groups in total. The molecule has 5 nitrogen and oxygen atoms in total. The number of hydrogen-bond donors (Lipinski definition) is 2. The van der Waals surface area contributed by atoms with Gasteiger partial charge in [0, 0.05) is 36.4 Å². The quantitative estimate of drug-likeness (QED) is 0.324. The summed E-state index contributed by atoms with van der Waals surface area (Å²) in [6.07, 6.45) is 1.06. The van der Waals surface area contributed by atoms with Crippen LogP contribution in [0.3, 0.4) is 0 Å². The van der Waals surface area contributed by atoms with E-state index in [1.807, 2.05) is 17.4 Å². The van der Waals surface area contributed by atoms with E-state index in [1.54, 1.807) is 19.2 Å². The molecule has 2 aromatic rings. The molecule has 0 amide bonds. The van der Waals surface area contributed by atoms with Gasteiger partial charge in [-0.25, -0.2) is 4.39 Å². The molecule has 1 saturated heterocycles. The van der Waals surface area contributed by atoms with Crippen molar-refractivity contribution in [3.05, 3.63) is 57.5 Å². The molecule has 0 spiro atoms. The third-order valence-electron chi connectivity index (χ3n) is 4.90. The van der Waals surface area contributed by atoms with Crippen molar-refractivity contribution in [2.24, 2.45) is 4.99 Å². The number of rotatable bonds is 7. The van der Waals surface area contributed by atoms with Crippen molar-refractivity contribution in [3.8, 4) is 0 Å². The number of nitrogens with zero attached hydrogens (tertiary/aromatic N) is 2. The minimum absolute atomic E-state index is 0. The summed E-state index contributed by atoms with van der Waals surface area (Å²) < 4.78 is 19.3. The molecule has 3 rings (SSSR count). The van der Waals surface area contributed by atoms with Crippen LogP contribution in [0.1, 0.15) is 28.3 Å². The van der Waals surface area contributed by atoms with Gasteiger partial charge in [0.2, 0.25) is 0 Å². The molecule has 29 heavy (non-hydrogen) atoms. The number of guanidine groups is 1. The van der Waals surface area contributed by atoms with E-state index in [1.165, 1.54) is 15.8 Å². The Bertz CT molecular complexity index is 780. The molecule has 1 fully saturated rings. The van der Waals surface area contributed by atoms with Crippen LogP contribution in [0.2, 0.25) is 0 Å². The van der Waals surface area contributed by atoms with Crippen molar-refractivity contribution in [1.82, 2.24) is 15.5 Å². The lowest BCUT2D eigenvalue weighted by Crippen LogP contribution is -2.46. The number of thiophene rings is 1. The average Bonchev–Trinajstić information content (AvgIpc) is 3.19. The monoisotopic (exact) mass is 532 g/mol. The zero-order valence-corrected chi connectivity index (χ0v) is 20.1. The fraction of sp³-hybridized carbons (Fsp3) is 0.476.